The Balaban J connectivity index is 1.73. The van der Waals surface area contributed by atoms with Gasteiger partial charge in [-0.15, -0.1) is 0 Å². The summed E-state index contributed by atoms with van der Waals surface area (Å²) >= 11 is 14.9. The van der Waals surface area contributed by atoms with Crippen molar-refractivity contribution in [3.05, 3.63) is 80.0 Å². The van der Waals surface area contributed by atoms with E-state index in [1.165, 1.54) is 37.3 Å². The second-order valence-electron chi connectivity index (χ2n) is 8.36. The van der Waals surface area contributed by atoms with Gasteiger partial charge in [-0.1, -0.05) is 23.2 Å². The molecule has 196 valence electrons. The van der Waals surface area contributed by atoms with Crippen molar-refractivity contribution < 1.29 is 26.0 Å². The molecule has 1 fully saturated rings. The Kier molecular flexibility index (Phi) is 7.78. The number of halogens is 4. The van der Waals surface area contributed by atoms with Gasteiger partial charge in [0.2, 0.25) is 0 Å². The highest BCUT2D eigenvalue weighted by Crippen LogP contribution is 2.30. The largest absolute Gasteiger partial charge is 0.349 e. The molecule has 0 radical (unpaired) electrons. The monoisotopic (exact) mass is 649 g/mol. The summed E-state index contributed by atoms with van der Waals surface area (Å²) in [5.41, 5.74) is 0.0847. The zero-order valence-electron chi connectivity index (χ0n) is 19.0. The van der Waals surface area contributed by atoms with E-state index in [0.29, 0.717) is 5.56 Å². The summed E-state index contributed by atoms with van der Waals surface area (Å²) in [4.78, 5) is 12.4. The van der Waals surface area contributed by atoms with Crippen molar-refractivity contribution in [3.63, 3.8) is 0 Å². The lowest BCUT2D eigenvalue weighted by molar-refractivity contribution is 0.0947. The first-order valence-corrected chi connectivity index (χ1v) is 15.2. The van der Waals surface area contributed by atoms with Gasteiger partial charge in [0, 0.05) is 21.8 Å². The number of benzene rings is 3. The summed E-state index contributed by atoms with van der Waals surface area (Å²) in [6.07, 6.45) is 1.49. The second-order valence-corrected chi connectivity index (χ2v) is 13.4. The lowest BCUT2D eigenvalue weighted by atomic mass is 10.2. The van der Waals surface area contributed by atoms with Crippen molar-refractivity contribution in [3.8, 4) is 0 Å². The van der Waals surface area contributed by atoms with E-state index in [0.717, 1.165) is 31.0 Å². The molecule has 8 nitrogen and oxygen atoms in total. The van der Waals surface area contributed by atoms with Gasteiger partial charge in [0.05, 0.1) is 20.6 Å². The van der Waals surface area contributed by atoms with Crippen LogP contribution in [0.5, 0.6) is 0 Å². The summed E-state index contributed by atoms with van der Waals surface area (Å²) in [5.74, 6) is -1.26. The van der Waals surface area contributed by atoms with E-state index in [-0.39, 0.29) is 47.3 Å². The van der Waals surface area contributed by atoms with Gasteiger partial charge in [-0.3, -0.25) is 14.2 Å². The normalized spacial score (nSPS) is 13.8. The molecule has 0 bridgehead atoms. The predicted molar refractivity (Wildman–Crippen MR) is 144 cm³/mol. The lowest BCUT2D eigenvalue weighted by Crippen LogP contribution is -2.28. The summed E-state index contributed by atoms with van der Waals surface area (Å²) in [7, 11) is -8.53. The van der Waals surface area contributed by atoms with Gasteiger partial charge in [-0.05, 0) is 89.8 Å². The maximum absolute atomic E-state index is 13.8. The third-order valence-electron chi connectivity index (χ3n) is 5.34. The van der Waals surface area contributed by atoms with Crippen LogP contribution in [0.15, 0.2) is 62.8 Å². The molecular formula is C23H19BrCl2FN3O5S2. The molecule has 1 aliphatic rings. The van der Waals surface area contributed by atoms with Gasteiger partial charge >= 0.3 is 0 Å². The number of rotatable bonds is 8. The van der Waals surface area contributed by atoms with E-state index in [1.807, 2.05) is 0 Å². The van der Waals surface area contributed by atoms with Crippen LogP contribution >= 0.6 is 39.1 Å². The number of amides is 1. The zero-order chi connectivity index (χ0) is 27.1. The van der Waals surface area contributed by atoms with Crippen molar-refractivity contribution in [1.29, 1.82) is 0 Å². The average Bonchev–Trinajstić information content (AvgIpc) is 3.60. The smallest absolute Gasteiger partial charge is 0.262 e. The van der Waals surface area contributed by atoms with Crippen LogP contribution in [0.2, 0.25) is 10.0 Å². The summed E-state index contributed by atoms with van der Waals surface area (Å²) in [6, 6.07) is 9.54. The molecule has 1 saturated carbocycles. The van der Waals surface area contributed by atoms with Crippen LogP contribution in [0.1, 0.15) is 28.8 Å². The fourth-order valence-corrected chi connectivity index (χ4v) is 6.78. The molecule has 0 aliphatic heterocycles. The van der Waals surface area contributed by atoms with E-state index in [1.54, 1.807) is 0 Å². The van der Waals surface area contributed by atoms with Crippen molar-refractivity contribution in [1.82, 2.24) is 5.32 Å². The number of nitrogens with one attached hydrogen (secondary N) is 3. The van der Waals surface area contributed by atoms with Crippen LogP contribution in [0.3, 0.4) is 0 Å². The lowest BCUT2D eigenvalue weighted by Gasteiger charge is -2.16. The number of hydrogen-bond donors (Lipinski definition) is 3. The average molecular weight is 651 g/mol. The fraction of sp³-hybridized carbons (Fsp3) is 0.174. The number of aryl methyl sites for hydroxylation is 1. The summed E-state index contributed by atoms with van der Waals surface area (Å²) < 4.78 is 70.9. The molecule has 0 atom stereocenters. The van der Waals surface area contributed by atoms with E-state index >= 15 is 0 Å². The van der Waals surface area contributed by atoms with Crippen LogP contribution in [-0.4, -0.2) is 28.8 Å². The van der Waals surface area contributed by atoms with Crippen LogP contribution in [-0.2, 0) is 20.0 Å². The molecule has 1 aliphatic carbocycles. The van der Waals surface area contributed by atoms with Crippen molar-refractivity contribution in [2.45, 2.75) is 35.6 Å². The Morgan fingerprint density at radius 2 is 1.59 bits per heavy atom. The van der Waals surface area contributed by atoms with Crippen LogP contribution < -0.4 is 14.8 Å². The minimum absolute atomic E-state index is 0.0494. The van der Waals surface area contributed by atoms with Crippen molar-refractivity contribution in [2.75, 3.05) is 9.44 Å². The molecule has 0 saturated heterocycles. The van der Waals surface area contributed by atoms with E-state index in [9.17, 15) is 26.0 Å². The van der Waals surface area contributed by atoms with E-state index < -0.39 is 31.8 Å². The molecule has 3 aromatic carbocycles. The Bertz CT molecular complexity index is 1610. The van der Waals surface area contributed by atoms with Gasteiger partial charge in [0.1, 0.15) is 10.7 Å². The number of sulfonamides is 2. The Labute approximate surface area is 231 Å². The topological polar surface area (TPSA) is 121 Å². The third-order valence-corrected chi connectivity index (χ3v) is 9.17. The maximum atomic E-state index is 13.8. The molecule has 0 unspecified atom stereocenters. The molecule has 4 rings (SSSR count). The molecule has 1 amide bonds. The van der Waals surface area contributed by atoms with Crippen molar-refractivity contribution >= 4 is 76.5 Å². The molecule has 0 spiro atoms. The molecule has 0 aromatic heterocycles. The predicted octanol–water partition coefficient (Wildman–Crippen LogP) is 5.70. The van der Waals surface area contributed by atoms with Gasteiger partial charge in [0.15, 0.2) is 0 Å². The first-order valence-electron chi connectivity index (χ1n) is 10.7. The first kappa shape index (κ1) is 27.6. The molecule has 3 N–H and O–H groups in total. The van der Waals surface area contributed by atoms with Gasteiger partial charge in [-0.25, -0.2) is 21.2 Å². The Hall–Kier alpha value is -2.38. The molecule has 3 aromatic rings. The quantitative estimate of drug-likeness (QED) is 0.289. The van der Waals surface area contributed by atoms with Crippen LogP contribution in [0.25, 0.3) is 0 Å². The van der Waals surface area contributed by atoms with E-state index in [4.69, 9.17) is 23.2 Å². The summed E-state index contributed by atoms with van der Waals surface area (Å²) in [5, 5.41) is 2.92. The fourth-order valence-electron chi connectivity index (χ4n) is 3.35. The van der Waals surface area contributed by atoms with Crippen LogP contribution in [0, 0.1) is 12.7 Å². The van der Waals surface area contributed by atoms with Gasteiger partial charge in [0.25, 0.3) is 26.0 Å². The highest BCUT2D eigenvalue weighted by molar-refractivity contribution is 9.10. The Morgan fingerprint density at radius 3 is 2.22 bits per heavy atom. The highest BCUT2D eigenvalue weighted by Gasteiger charge is 2.29. The number of anilines is 2. The number of carbonyl (C=O) groups is 1. The second kappa shape index (κ2) is 10.4. The first-order chi connectivity index (χ1) is 17.2. The molecule has 37 heavy (non-hydrogen) atoms. The minimum atomic E-state index is -4.35. The molecule has 0 heterocycles. The van der Waals surface area contributed by atoms with Crippen molar-refractivity contribution in [2.24, 2.45) is 0 Å². The van der Waals surface area contributed by atoms with E-state index in [2.05, 4.69) is 30.7 Å². The highest BCUT2D eigenvalue weighted by atomic mass is 79.9. The summed E-state index contributed by atoms with van der Waals surface area (Å²) in [6.45, 7) is 1.52. The number of carbonyl (C=O) groups excluding carboxylic acids is 1. The standard InChI is InChI=1S/C23H19BrCl2FN3O5S2/c1-12-6-20(27)19(24)11-21(12)30-37(34,35)22-5-4-16(10-18(22)23(31)28-15-2-3-15)29-36(32,33)17-8-13(25)7-14(26)9-17/h4-11,15,29-30H,2-3H2,1H3,(H,28,31). The van der Waals surface area contributed by atoms with Gasteiger partial charge in [-0.2, -0.15) is 0 Å². The third kappa shape index (κ3) is 6.55. The maximum Gasteiger partial charge on any atom is 0.262 e. The molecule has 14 heteroatoms. The Morgan fingerprint density at radius 1 is 0.946 bits per heavy atom. The van der Waals surface area contributed by atoms with Crippen LogP contribution in [0.4, 0.5) is 15.8 Å². The number of hydrogen-bond acceptors (Lipinski definition) is 5. The van der Waals surface area contributed by atoms with Gasteiger partial charge < -0.3 is 5.32 Å². The SMILES string of the molecule is Cc1cc(F)c(Br)cc1NS(=O)(=O)c1ccc(NS(=O)(=O)c2cc(Cl)cc(Cl)c2)cc1C(=O)NC1CC1. The minimum Gasteiger partial charge on any atom is -0.349 e. The molecular weight excluding hydrogens is 632 g/mol. The zero-order valence-corrected chi connectivity index (χ0v) is 23.7.